The average Bonchev–Trinajstić information content (AvgIpc) is 2.50. The zero-order valence-corrected chi connectivity index (χ0v) is 14.4. The molecule has 0 saturated carbocycles. The Morgan fingerprint density at radius 2 is 2.04 bits per heavy atom. The van der Waals surface area contributed by atoms with Crippen molar-refractivity contribution >= 4 is 23.3 Å². The van der Waals surface area contributed by atoms with Crippen molar-refractivity contribution in [3.63, 3.8) is 0 Å². The highest BCUT2D eigenvalue weighted by Gasteiger charge is 2.16. The molecule has 7 heteroatoms. The Labute approximate surface area is 141 Å². The molecule has 0 aliphatic carbocycles. The number of hydrogen-bond acceptors (Lipinski definition) is 3. The van der Waals surface area contributed by atoms with Gasteiger partial charge in [0.1, 0.15) is 5.82 Å². The first kappa shape index (κ1) is 18.0. The van der Waals surface area contributed by atoms with Gasteiger partial charge in [0.25, 0.3) is 0 Å². The van der Waals surface area contributed by atoms with Gasteiger partial charge in [-0.25, -0.2) is 9.18 Å². The SMILES string of the molecule is C[C@H](CNC(=O)Nc1ccc(Cl)cc1F)CN1CCN(C)CC1. The highest BCUT2D eigenvalue weighted by Crippen LogP contribution is 2.18. The standard InChI is InChI=1S/C16H24ClFN4O/c1-12(11-22-7-5-21(2)6-8-22)10-19-16(23)20-15-4-3-13(17)9-14(15)18/h3-4,9,12H,5-8,10-11H2,1-2H3,(H2,19,20,23)/t12-/m1/s1. The van der Waals surface area contributed by atoms with Crippen LogP contribution in [0.4, 0.5) is 14.9 Å². The molecule has 1 fully saturated rings. The Kier molecular flexibility index (Phi) is 6.62. The molecular formula is C16H24ClFN4O. The van der Waals surface area contributed by atoms with Crippen LogP contribution >= 0.6 is 11.6 Å². The van der Waals surface area contributed by atoms with Gasteiger partial charge in [0.15, 0.2) is 0 Å². The topological polar surface area (TPSA) is 47.6 Å². The van der Waals surface area contributed by atoms with E-state index in [1.54, 1.807) is 0 Å². The number of nitrogens with zero attached hydrogens (tertiary/aromatic N) is 2. The van der Waals surface area contributed by atoms with E-state index in [1.807, 2.05) is 0 Å². The molecule has 1 aliphatic rings. The number of likely N-dealkylation sites (N-methyl/N-ethyl adjacent to an activating group) is 1. The van der Waals surface area contributed by atoms with E-state index < -0.39 is 11.8 Å². The van der Waals surface area contributed by atoms with Gasteiger partial charge in [-0.15, -0.1) is 0 Å². The van der Waals surface area contributed by atoms with Crippen LogP contribution < -0.4 is 10.6 Å². The van der Waals surface area contributed by atoms with E-state index in [9.17, 15) is 9.18 Å². The molecule has 128 valence electrons. The molecule has 0 radical (unpaired) electrons. The van der Waals surface area contributed by atoms with E-state index in [2.05, 4.69) is 34.4 Å². The zero-order valence-electron chi connectivity index (χ0n) is 13.6. The van der Waals surface area contributed by atoms with Crippen LogP contribution in [0.2, 0.25) is 5.02 Å². The van der Waals surface area contributed by atoms with Crippen molar-refractivity contribution < 1.29 is 9.18 Å². The number of amides is 2. The summed E-state index contributed by atoms with van der Waals surface area (Å²) in [5.74, 6) is -0.211. The van der Waals surface area contributed by atoms with E-state index in [0.29, 0.717) is 17.5 Å². The first-order chi connectivity index (χ1) is 10.9. The minimum Gasteiger partial charge on any atom is -0.338 e. The molecule has 23 heavy (non-hydrogen) atoms. The molecule has 1 aromatic rings. The van der Waals surface area contributed by atoms with Crippen molar-refractivity contribution in [3.05, 3.63) is 29.0 Å². The highest BCUT2D eigenvalue weighted by atomic mass is 35.5. The second-order valence-corrected chi connectivity index (χ2v) is 6.60. The minimum absolute atomic E-state index is 0.124. The van der Waals surface area contributed by atoms with Crippen LogP contribution in [0.15, 0.2) is 18.2 Å². The molecule has 0 unspecified atom stereocenters. The largest absolute Gasteiger partial charge is 0.338 e. The molecule has 0 aromatic heterocycles. The lowest BCUT2D eigenvalue weighted by Gasteiger charge is -2.33. The summed E-state index contributed by atoms with van der Waals surface area (Å²) in [4.78, 5) is 16.6. The molecular weight excluding hydrogens is 319 g/mol. The van der Waals surface area contributed by atoms with Crippen LogP contribution in [0.25, 0.3) is 0 Å². The molecule has 5 nitrogen and oxygen atoms in total. The van der Waals surface area contributed by atoms with Gasteiger partial charge >= 0.3 is 6.03 Å². The fourth-order valence-electron chi connectivity index (χ4n) is 2.56. The summed E-state index contributed by atoms with van der Waals surface area (Å²) in [6.07, 6.45) is 0. The third kappa shape index (κ3) is 5.97. The molecule has 2 rings (SSSR count). The lowest BCUT2D eigenvalue weighted by Crippen LogP contribution is -2.47. The summed E-state index contributed by atoms with van der Waals surface area (Å²) in [5, 5.41) is 5.58. The van der Waals surface area contributed by atoms with Gasteiger partial charge in [0.05, 0.1) is 5.69 Å². The molecule has 1 atom stereocenters. The molecule has 0 bridgehead atoms. The first-order valence-electron chi connectivity index (χ1n) is 7.85. The Bertz CT molecular complexity index is 535. The molecule has 1 aromatic carbocycles. The van der Waals surface area contributed by atoms with Crippen LogP contribution in [0, 0.1) is 11.7 Å². The summed E-state index contributed by atoms with van der Waals surface area (Å²) < 4.78 is 13.6. The van der Waals surface area contributed by atoms with E-state index in [-0.39, 0.29) is 5.69 Å². The van der Waals surface area contributed by atoms with Gasteiger partial charge in [-0.3, -0.25) is 0 Å². The van der Waals surface area contributed by atoms with Gasteiger partial charge in [-0.2, -0.15) is 0 Å². The first-order valence-corrected chi connectivity index (χ1v) is 8.22. The molecule has 2 N–H and O–H groups in total. The Morgan fingerprint density at radius 3 is 2.70 bits per heavy atom. The number of hydrogen-bond donors (Lipinski definition) is 2. The van der Waals surface area contributed by atoms with Crippen LogP contribution in [0.1, 0.15) is 6.92 Å². The smallest absolute Gasteiger partial charge is 0.319 e. The van der Waals surface area contributed by atoms with E-state index in [1.165, 1.54) is 18.2 Å². The molecule has 1 saturated heterocycles. The zero-order chi connectivity index (χ0) is 16.8. The maximum absolute atomic E-state index is 13.6. The molecule has 1 aliphatic heterocycles. The van der Waals surface area contributed by atoms with Crippen LogP contribution in [0.5, 0.6) is 0 Å². The third-order valence-corrected chi connectivity index (χ3v) is 4.19. The van der Waals surface area contributed by atoms with Crippen LogP contribution in [-0.4, -0.2) is 62.1 Å². The molecule has 1 heterocycles. The number of carbonyl (C=O) groups excluding carboxylic acids is 1. The summed E-state index contributed by atoms with van der Waals surface area (Å²) in [5.41, 5.74) is 0.124. The second kappa shape index (κ2) is 8.47. The van der Waals surface area contributed by atoms with Crippen molar-refractivity contribution in [3.8, 4) is 0 Å². The number of nitrogens with one attached hydrogen (secondary N) is 2. The monoisotopic (exact) mass is 342 g/mol. The predicted octanol–water partition coefficient (Wildman–Crippen LogP) is 2.48. The van der Waals surface area contributed by atoms with Crippen molar-refractivity contribution in [1.29, 1.82) is 0 Å². The van der Waals surface area contributed by atoms with Gasteiger partial charge in [0, 0.05) is 44.3 Å². The van der Waals surface area contributed by atoms with Crippen molar-refractivity contribution in [2.75, 3.05) is 51.6 Å². The molecule has 2 amide bonds. The third-order valence-electron chi connectivity index (χ3n) is 3.96. The van der Waals surface area contributed by atoms with E-state index in [4.69, 9.17) is 11.6 Å². The number of carbonyl (C=O) groups is 1. The summed E-state index contributed by atoms with van der Waals surface area (Å²) in [6, 6.07) is 3.75. The van der Waals surface area contributed by atoms with Crippen LogP contribution in [0.3, 0.4) is 0 Å². The quantitative estimate of drug-likeness (QED) is 0.864. The number of urea groups is 1. The fraction of sp³-hybridized carbons (Fsp3) is 0.562. The molecule has 0 spiro atoms. The predicted molar refractivity (Wildman–Crippen MR) is 91.5 cm³/mol. The van der Waals surface area contributed by atoms with Crippen molar-refractivity contribution in [1.82, 2.24) is 15.1 Å². The lowest BCUT2D eigenvalue weighted by atomic mass is 10.1. The highest BCUT2D eigenvalue weighted by molar-refractivity contribution is 6.30. The van der Waals surface area contributed by atoms with Crippen molar-refractivity contribution in [2.45, 2.75) is 6.92 Å². The Hall–Kier alpha value is -1.37. The summed E-state index contributed by atoms with van der Waals surface area (Å²) >= 11 is 5.68. The summed E-state index contributed by atoms with van der Waals surface area (Å²) in [7, 11) is 2.13. The normalized spacial score (nSPS) is 17.7. The lowest BCUT2D eigenvalue weighted by molar-refractivity contribution is 0.138. The number of halogens is 2. The number of benzene rings is 1. The maximum Gasteiger partial charge on any atom is 0.319 e. The Balaban J connectivity index is 1.71. The van der Waals surface area contributed by atoms with Gasteiger partial charge in [-0.05, 0) is 31.2 Å². The Morgan fingerprint density at radius 1 is 1.35 bits per heavy atom. The van der Waals surface area contributed by atoms with Gasteiger partial charge < -0.3 is 20.4 Å². The van der Waals surface area contributed by atoms with Crippen LogP contribution in [-0.2, 0) is 0 Å². The minimum atomic E-state index is -0.543. The van der Waals surface area contributed by atoms with Gasteiger partial charge in [0.2, 0.25) is 0 Å². The number of anilines is 1. The number of rotatable bonds is 5. The average molecular weight is 343 g/mol. The van der Waals surface area contributed by atoms with Crippen molar-refractivity contribution in [2.24, 2.45) is 5.92 Å². The fourth-order valence-corrected chi connectivity index (χ4v) is 2.72. The number of piperazine rings is 1. The van der Waals surface area contributed by atoms with Gasteiger partial charge in [-0.1, -0.05) is 18.5 Å². The van der Waals surface area contributed by atoms with E-state index in [0.717, 1.165) is 32.7 Å². The maximum atomic E-state index is 13.6. The second-order valence-electron chi connectivity index (χ2n) is 6.17. The summed E-state index contributed by atoms with van der Waals surface area (Å²) in [6.45, 7) is 7.87. The van der Waals surface area contributed by atoms with E-state index >= 15 is 0 Å².